The first-order valence-corrected chi connectivity index (χ1v) is 8.47. The minimum absolute atomic E-state index is 0.153. The number of carbonyl (C=O) groups excluding carboxylic acids is 1. The lowest BCUT2D eigenvalue weighted by atomic mass is 9.77. The maximum Gasteiger partial charge on any atom is 0.311 e. The SMILES string of the molecule is CCC1=C(C)CC[C@@]2(O1)O[C@H]([C@@H](C)C(=O)OC)[C@@H](C)C[C@H]2C. The highest BCUT2D eigenvalue weighted by molar-refractivity contribution is 5.72. The third-order valence-corrected chi connectivity index (χ3v) is 5.38. The van der Waals surface area contributed by atoms with Gasteiger partial charge in [0.15, 0.2) is 0 Å². The van der Waals surface area contributed by atoms with Crippen molar-refractivity contribution in [2.45, 2.75) is 72.2 Å². The second-order valence-corrected chi connectivity index (χ2v) is 6.98. The van der Waals surface area contributed by atoms with Gasteiger partial charge in [0, 0.05) is 18.8 Å². The highest BCUT2D eigenvalue weighted by Gasteiger charge is 2.51. The van der Waals surface area contributed by atoms with Crippen molar-refractivity contribution in [2.24, 2.45) is 17.8 Å². The van der Waals surface area contributed by atoms with Crippen LogP contribution in [-0.2, 0) is 19.0 Å². The first-order valence-electron chi connectivity index (χ1n) is 8.47. The fourth-order valence-corrected chi connectivity index (χ4v) is 3.90. The Morgan fingerprint density at radius 2 is 2.14 bits per heavy atom. The molecule has 0 N–H and O–H groups in total. The molecule has 0 saturated carbocycles. The van der Waals surface area contributed by atoms with Crippen LogP contribution < -0.4 is 0 Å². The molecule has 0 radical (unpaired) electrons. The van der Waals surface area contributed by atoms with E-state index in [1.165, 1.54) is 12.7 Å². The largest absolute Gasteiger partial charge is 0.469 e. The Morgan fingerprint density at radius 3 is 2.73 bits per heavy atom. The lowest BCUT2D eigenvalue weighted by Crippen LogP contribution is -2.55. The van der Waals surface area contributed by atoms with Crippen LogP contribution in [0.4, 0.5) is 0 Å². The van der Waals surface area contributed by atoms with Gasteiger partial charge in [-0.3, -0.25) is 4.79 Å². The summed E-state index contributed by atoms with van der Waals surface area (Å²) in [6.45, 7) is 10.5. The van der Waals surface area contributed by atoms with Gasteiger partial charge >= 0.3 is 5.97 Å². The molecule has 0 aromatic rings. The number of esters is 1. The van der Waals surface area contributed by atoms with E-state index in [9.17, 15) is 4.79 Å². The van der Waals surface area contributed by atoms with E-state index >= 15 is 0 Å². The van der Waals surface area contributed by atoms with Crippen molar-refractivity contribution in [1.82, 2.24) is 0 Å². The first kappa shape index (κ1) is 17.3. The van der Waals surface area contributed by atoms with E-state index in [0.717, 1.165) is 31.4 Å². The molecule has 0 aromatic carbocycles. The van der Waals surface area contributed by atoms with Gasteiger partial charge in [-0.25, -0.2) is 0 Å². The molecule has 22 heavy (non-hydrogen) atoms. The monoisotopic (exact) mass is 310 g/mol. The minimum atomic E-state index is -0.579. The third-order valence-electron chi connectivity index (χ3n) is 5.38. The Labute approximate surface area is 134 Å². The summed E-state index contributed by atoms with van der Waals surface area (Å²) in [7, 11) is 1.43. The Balaban J connectivity index is 2.24. The van der Waals surface area contributed by atoms with Crippen LogP contribution in [0.2, 0.25) is 0 Å². The summed E-state index contributed by atoms with van der Waals surface area (Å²) in [5.41, 5.74) is 1.32. The fraction of sp³-hybridized carbons (Fsp3) is 0.833. The number of ether oxygens (including phenoxy) is 3. The first-order chi connectivity index (χ1) is 10.3. The van der Waals surface area contributed by atoms with Crippen LogP contribution in [-0.4, -0.2) is 25.0 Å². The Morgan fingerprint density at radius 1 is 1.45 bits per heavy atom. The molecule has 2 aliphatic rings. The summed E-state index contributed by atoms with van der Waals surface area (Å²) in [5, 5.41) is 0. The minimum Gasteiger partial charge on any atom is -0.469 e. The second kappa shape index (κ2) is 6.61. The van der Waals surface area contributed by atoms with Gasteiger partial charge in [-0.2, -0.15) is 0 Å². The molecule has 1 fully saturated rings. The quantitative estimate of drug-likeness (QED) is 0.738. The van der Waals surface area contributed by atoms with Gasteiger partial charge in [-0.1, -0.05) is 20.8 Å². The van der Waals surface area contributed by atoms with Gasteiger partial charge in [0.1, 0.15) is 0 Å². The molecule has 0 aromatic heterocycles. The van der Waals surface area contributed by atoms with E-state index in [0.29, 0.717) is 11.8 Å². The zero-order valence-electron chi connectivity index (χ0n) is 14.8. The average Bonchev–Trinajstić information content (AvgIpc) is 2.51. The maximum absolute atomic E-state index is 11.9. The lowest BCUT2D eigenvalue weighted by Gasteiger charge is -2.51. The van der Waals surface area contributed by atoms with E-state index in [-0.39, 0.29) is 18.0 Å². The van der Waals surface area contributed by atoms with Crippen LogP contribution in [0.5, 0.6) is 0 Å². The van der Waals surface area contributed by atoms with Gasteiger partial charge in [-0.15, -0.1) is 0 Å². The second-order valence-electron chi connectivity index (χ2n) is 6.98. The summed E-state index contributed by atoms with van der Waals surface area (Å²) in [5.74, 6) is 0.625. The predicted molar refractivity (Wildman–Crippen MR) is 85.0 cm³/mol. The van der Waals surface area contributed by atoms with Crippen LogP contribution in [0.1, 0.15) is 60.3 Å². The topological polar surface area (TPSA) is 44.8 Å². The van der Waals surface area contributed by atoms with Gasteiger partial charge in [-0.05, 0) is 38.2 Å². The normalized spacial score (nSPS) is 36.9. The molecular weight excluding hydrogens is 280 g/mol. The van der Waals surface area contributed by atoms with E-state index in [1.54, 1.807) is 0 Å². The van der Waals surface area contributed by atoms with Crippen LogP contribution in [0.25, 0.3) is 0 Å². The molecule has 0 unspecified atom stereocenters. The number of rotatable bonds is 3. The molecule has 126 valence electrons. The van der Waals surface area contributed by atoms with Gasteiger partial charge in [0.05, 0.1) is 24.9 Å². The zero-order chi connectivity index (χ0) is 16.5. The molecule has 1 spiro atoms. The molecule has 0 bridgehead atoms. The molecule has 4 heteroatoms. The highest BCUT2D eigenvalue weighted by Crippen LogP contribution is 2.47. The molecule has 2 rings (SSSR count). The van der Waals surface area contributed by atoms with Gasteiger partial charge < -0.3 is 14.2 Å². The number of methoxy groups -OCH3 is 1. The van der Waals surface area contributed by atoms with Crippen LogP contribution >= 0.6 is 0 Å². The molecule has 5 atom stereocenters. The van der Waals surface area contributed by atoms with Gasteiger partial charge in [0.25, 0.3) is 0 Å². The molecule has 2 heterocycles. The molecular formula is C18H30O4. The van der Waals surface area contributed by atoms with Crippen molar-refractivity contribution in [3.05, 3.63) is 11.3 Å². The summed E-state index contributed by atoms with van der Waals surface area (Å²) < 4.78 is 17.7. The van der Waals surface area contributed by atoms with E-state index in [2.05, 4.69) is 27.7 Å². The molecule has 0 aliphatic carbocycles. The van der Waals surface area contributed by atoms with Crippen molar-refractivity contribution in [3.63, 3.8) is 0 Å². The van der Waals surface area contributed by atoms with Crippen LogP contribution in [0, 0.1) is 17.8 Å². The fourth-order valence-electron chi connectivity index (χ4n) is 3.90. The average molecular weight is 310 g/mol. The lowest BCUT2D eigenvalue weighted by molar-refractivity contribution is -0.314. The third kappa shape index (κ3) is 3.03. The predicted octanol–water partition coefficient (Wildman–Crippen LogP) is 4.05. The van der Waals surface area contributed by atoms with Crippen molar-refractivity contribution in [2.75, 3.05) is 7.11 Å². The number of allylic oxidation sites excluding steroid dienone is 2. The number of hydrogen-bond donors (Lipinski definition) is 0. The zero-order valence-corrected chi connectivity index (χ0v) is 14.8. The van der Waals surface area contributed by atoms with E-state index in [1.807, 2.05) is 6.92 Å². The van der Waals surface area contributed by atoms with Gasteiger partial charge in [0.2, 0.25) is 5.79 Å². The standard InChI is InChI=1S/C18H30O4/c1-7-15-11(2)8-9-18(21-15)13(4)10-12(3)16(22-18)14(5)17(19)20-6/h12-14,16H,7-10H2,1-6H3/t12-,13+,14+,16-,18+/m0/s1. The van der Waals surface area contributed by atoms with E-state index in [4.69, 9.17) is 14.2 Å². The summed E-state index contributed by atoms with van der Waals surface area (Å²) >= 11 is 0. The van der Waals surface area contributed by atoms with Crippen molar-refractivity contribution in [3.8, 4) is 0 Å². The van der Waals surface area contributed by atoms with E-state index < -0.39 is 5.79 Å². The summed E-state index contributed by atoms with van der Waals surface area (Å²) in [6, 6.07) is 0. The molecule has 4 nitrogen and oxygen atoms in total. The molecule has 1 saturated heterocycles. The van der Waals surface area contributed by atoms with Crippen LogP contribution in [0.15, 0.2) is 11.3 Å². The summed E-state index contributed by atoms with van der Waals surface area (Å²) in [4.78, 5) is 11.9. The Hall–Kier alpha value is -1.03. The molecule has 0 amide bonds. The highest BCUT2D eigenvalue weighted by atomic mass is 16.7. The Kier molecular flexibility index (Phi) is 5.21. The van der Waals surface area contributed by atoms with Crippen molar-refractivity contribution < 1.29 is 19.0 Å². The van der Waals surface area contributed by atoms with Crippen LogP contribution in [0.3, 0.4) is 0 Å². The maximum atomic E-state index is 11.9. The molecule has 2 aliphatic heterocycles. The summed E-state index contributed by atoms with van der Waals surface area (Å²) in [6.07, 6.45) is 3.60. The number of hydrogen-bond acceptors (Lipinski definition) is 4. The Bertz CT molecular complexity index is 456. The van der Waals surface area contributed by atoms with Crippen molar-refractivity contribution >= 4 is 5.97 Å². The number of carbonyl (C=O) groups is 1. The van der Waals surface area contributed by atoms with Crippen molar-refractivity contribution in [1.29, 1.82) is 0 Å². The smallest absolute Gasteiger partial charge is 0.311 e.